The van der Waals surface area contributed by atoms with Crippen molar-refractivity contribution in [3.8, 4) is 11.4 Å². The van der Waals surface area contributed by atoms with E-state index in [-0.39, 0.29) is 24.9 Å². The molecule has 0 fully saturated rings. The Hall–Kier alpha value is -6.54. The Kier molecular flexibility index (Phi) is 10.0. The van der Waals surface area contributed by atoms with E-state index in [4.69, 9.17) is 0 Å². The van der Waals surface area contributed by atoms with Crippen LogP contribution in [0.25, 0.3) is 65.8 Å². The first-order valence-electron chi connectivity index (χ1n) is 22.7. The van der Waals surface area contributed by atoms with Gasteiger partial charge in [0.1, 0.15) is 0 Å². The highest BCUT2D eigenvalue weighted by Crippen LogP contribution is 2.47. The van der Waals surface area contributed by atoms with Gasteiger partial charge in [-0.25, -0.2) is 0 Å². The molecule has 2 aromatic heterocycles. The minimum absolute atomic E-state index is 0.113. The van der Waals surface area contributed by atoms with Crippen LogP contribution in [0, 0.1) is 11.8 Å². The Balaban J connectivity index is 1.35. The summed E-state index contributed by atoms with van der Waals surface area (Å²) in [6, 6.07) is 36.2. The fraction of sp³-hybridized carbons (Fsp3) is 0.296. The second kappa shape index (κ2) is 15.7. The highest BCUT2D eigenvalue weighted by molar-refractivity contribution is 6.36. The molecule has 8 heteroatoms. The normalized spacial score (nSPS) is 15.0. The van der Waals surface area contributed by atoms with Crippen molar-refractivity contribution in [2.75, 3.05) is 13.1 Å². The Morgan fingerprint density at radius 3 is 1.06 bits per heavy atom. The molecular weight excluding hydrogens is 769 g/mol. The summed E-state index contributed by atoms with van der Waals surface area (Å²) in [5, 5.41) is 4.81. The van der Waals surface area contributed by atoms with Gasteiger partial charge in [-0.1, -0.05) is 139 Å². The summed E-state index contributed by atoms with van der Waals surface area (Å²) in [6.07, 6.45) is 7.45. The number of benzene rings is 6. The zero-order valence-electron chi connectivity index (χ0n) is 36.0. The minimum Gasteiger partial charge on any atom is -0.308 e. The lowest BCUT2D eigenvalue weighted by Gasteiger charge is -2.36. The van der Waals surface area contributed by atoms with Gasteiger partial charge in [-0.15, -0.1) is 0 Å². The fourth-order valence-electron chi connectivity index (χ4n) is 10.5. The van der Waals surface area contributed by atoms with Gasteiger partial charge >= 0.3 is 0 Å². The molecular formula is C54H52N4O4. The van der Waals surface area contributed by atoms with E-state index < -0.39 is 23.6 Å². The number of hydrogen-bond donors (Lipinski definition) is 0. The molecule has 62 heavy (non-hydrogen) atoms. The van der Waals surface area contributed by atoms with Gasteiger partial charge in [0, 0.05) is 45.4 Å². The zero-order chi connectivity index (χ0) is 42.8. The van der Waals surface area contributed by atoms with Gasteiger partial charge in [0.2, 0.25) is 0 Å². The molecule has 0 spiro atoms. The maximum Gasteiger partial charge on any atom is 0.263 e. The highest BCUT2D eigenvalue weighted by atomic mass is 16.2. The van der Waals surface area contributed by atoms with Crippen LogP contribution in [0.5, 0.6) is 0 Å². The van der Waals surface area contributed by atoms with Crippen LogP contribution in [0.15, 0.2) is 109 Å². The standard InChI is InChI=1S/C54H52N4O4/c1-5-9-19-33(7-3)31-55-51(59)39-29-46(58-43-27-17-13-23-37(43)38-24-14-18-28-44(38)58)50-48-40(52(60)56(54(50)62)32-34(8-4)20-10-6-2)30-45(49(47(39)48)53(55)61)57-41-25-15-11-21-35(41)36-22-12-16-26-42(36)57/h11-18,21-30,33-34H,5-10,19-20,31-32H2,1-4H3. The minimum atomic E-state index is -0.399. The lowest BCUT2D eigenvalue weighted by Crippen LogP contribution is -2.46. The number of unbranched alkanes of at least 4 members (excludes halogenated alkanes) is 2. The molecule has 8 nitrogen and oxygen atoms in total. The molecule has 2 atom stereocenters. The molecule has 8 aromatic rings. The number of nitrogens with zero attached hydrogens (tertiary/aromatic N) is 4. The second-order valence-electron chi connectivity index (χ2n) is 17.4. The smallest absolute Gasteiger partial charge is 0.263 e. The molecule has 0 saturated heterocycles. The van der Waals surface area contributed by atoms with E-state index in [2.05, 4.69) is 61.1 Å². The second-order valence-corrected chi connectivity index (χ2v) is 17.4. The van der Waals surface area contributed by atoms with Gasteiger partial charge in [-0.2, -0.15) is 0 Å². The van der Waals surface area contributed by atoms with E-state index in [9.17, 15) is 0 Å². The van der Waals surface area contributed by atoms with E-state index in [0.717, 1.165) is 95.0 Å². The number of aromatic nitrogens is 2. The average molecular weight is 821 g/mol. The van der Waals surface area contributed by atoms with Crippen LogP contribution >= 0.6 is 0 Å². The zero-order valence-corrected chi connectivity index (χ0v) is 36.0. The Morgan fingerprint density at radius 2 is 0.758 bits per heavy atom. The SMILES string of the molecule is CCCCC(CC)CN1C(=O)c2cc(-n3c4ccccc4c4ccccc43)c3c4c(cc(-n5c6ccccc6c6ccccc65)c(c24)C1=O)C(=O)N(CC(CC)CCCC)C3=O. The van der Waals surface area contributed by atoms with E-state index in [0.29, 0.717) is 44.4 Å². The molecule has 2 aliphatic rings. The van der Waals surface area contributed by atoms with E-state index in [1.54, 1.807) is 0 Å². The van der Waals surface area contributed by atoms with Crippen molar-refractivity contribution in [3.05, 3.63) is 131 Å². The summed E-state index contributed by atoms with van der Waals surface area (Å²) in [4.78, 5) is 64.7. The van der Waals surface area contributed by atoms with Crippen molar-refractivity contribution in [1.82, 2.24) is 18.9 Å². The third-order valence-corrected chi connectivity index (χ3v) is 13.8. The molecule has 0 saturated carbocycles. The number of carbonyl (C=O) groups is 4. The molecule has 4 amide bonds. The topological polar surface area (TPSA) is 84.6 Å². The van der Waals surface area contributed by atoms with Crippen molar-refractivity contribution in [1.29, 1.82) is 0 Å². The summed E-state index contributed by atoms with van der Waals surface area (Å²) in [5.41, 5.74) is 5.93. The first kappa shape index (κ1) is 39.6. The molecule has 312 valence electrons. The highest BCUT2D eigenvalue weighted by Gasteiger charge is 2.44. The van der Waals surface area contributed by atoms with Gasteiger partial charge in [0.05, 0.1) is 55.7 Å². The maximum absolute atomic E-state index is 15.5. The first-order valence-corrected chi connectivity index (χ1v) is 22.7. The molecule has 0 bridgehead atoms. The van der Waals surface area contributed by atoms with Crippen LogP contribution in [-0.4, -0.2) is 55.7 Å². The summed E-state index contributed by atoms with van der Waals surface area (Å²) < 4.78 is 4.18. The third kappa shape index (κ3) is 5.93. The van der Waals surface area contributed by atoms with Gasteiger partial charge in [0.25, 0.3) is 23.6 Å². The summed E-state index contributed by atoms with van der Waals surface area (Å²) in [6.45, 7) is 9.11. The average Bonchev–Trinajstić information content (AvgIpc) is 3.82. The summed E-state index contributed by atoms with van der Waals surface area (Å²) in [5.74, 6) is -1.37. The number of para-hydroxylation sites is 4. The van der Waals surface area contributed by atoms with Crippen molar-refractivity contribution in [2.45, 2.75) is 79.1 Å². The quantitative estimate of drug-likeness (QED) is 0.102. The van der Waals surface area contributed by atoms with Crippen LogP contribution in [-0.2, 0) is 0 Å². The van der Waals surface area contributed by atoms with Crippen LogP contribution in [0.3, 0.4) is 0 Å². The molecule has 0 radical (unpaired) electrons. The number of fused-ring (bicyclic) bond motifs is 6. The van der Waals surface area contributed by atoms with E-state index >= 15 is 19.2 Å². The molecule has 0 N–H and O–H groups in total. The van der Waals surface area contributed by atoms with Gasteiger partial charge < -0.3 is 9.13 Å². The predicted octanol–water partition coefficient (Wildman–Crippen LogP) is 12.7. The molecule has 2 unspecified atom stereocenters. The van der Waals surface area contributed by atoms with Gasteiger partial charge in [0.15, 0.2) is 0 Å². The molecule has 2 aliphatic heterocycles. The predicted molar refractivity (Wildman–Crippen MR) is 250 cm³/mol. The molecule has 4 heterocycles. The maximum atomic E-state index is 15.5. The Bertz CT molecular complexity index is 2830. The van der Waals surface area contributed by atoms with E-state index in [1.165, 1.54) is 9.80 Å². The van der Waals surface area contributed by atoms with Gasteiger partial charge in [-0.05, 0) is 61.1 Å². The van der Waals surface area contributed by atoms with E-state index in [1.807, 2.05) is 84.9 Å². The number of imide groups is 2. The van der Waals surface area contributed by atoms with Crippen LogP contribution < -0.4 is 0 Å². The Labute approximate surface area is 361 Å². The molecule has 10 rings (SSSR count). The monoisotopic (exact) mass is 820 g/mol. The number of carbonyl (C=O) groups excluding carboxylic acids is 4. The van der Waals surface area contributed by atoms with Crippen molar-refractivity contribution in [2.24, 2.45) is 11.8 Å². The first-order chi connectivity index (χ1) is 30.3. The lowest BCUT2D eigenvalue weighted by atomic mass is 9.83. The number of hydrogen-bond acceptors (Lipinski definition) is 4. The van der Waals surface area contributed by atoms with Gasteiger partial charge in [-0.3, -0.25) is 29.0 Å². The van der Waals surface area contributed by atoms with Crippen LogP contribution in [0.1, 0.15) is 120 Å². The fourth-order valence-corrected chi connectivity index (χ4v) is 10.5. The van der Waals surface area contributed by atoms with Crippen molar-refractivity contribution in [3.63, 3.8) is 0 Å². The third-order valence-electron chi connectivity index (χ3n) is 13.8. The number of rotatable bonds is 14. The van der Waals surface area contributed by atoms with Crippen molar-refractivity contribution >= 4 is 78.0 Å². The van der Waals surface area contributed by atoms with Crippen LogP contribution in [0.2, 0.25) is 0 Å². The largest absolute Gasteiger partial charge is 0.308 e. The molecule has 6 aromatic carbocycles. The summed E-state index contributed by atoms with van der Waals surface area (Å²) >= 11 is 0. The van der Waals surface area contributed by atoms with Crippen LogP contribution in [0.4, 0.5) is 0 Å². The number of amides is 4. The molecule has 0 aliphatic carbocycles. The summed E-state index contributed by atoms with van der Waals surface area (Å²) in [7, 11) is 0. The van der Waals surface area contributed by atoms with Crippen molar-refractivity contribution < 1.29 is 19.2 Å². The Morgan fingerprint density at radius 1 is 0.435 bits per heavy atom. The lowest BCUT2D eigenvalue weighted by molar-refractivity contribution is 0.0559.